The quantitative estimate of drug-likeness (QED) is 0.808. The molecule has 0 radical (unpaired) electrons. The Morgan fingerprint density at radius 1 is 1.25 bits per heavy atom. The fourth-order valence-corrected chi connectivity index (χ4v) is 2.83. The zero-order valence-corrected chi connectivity index (χ0v) is 13.7. The molecule has 20 heavy (non-hydrogen) atoms. The van der Waals surface area contributed by atoms with Crippen molar-refractivity contribution in [2.24, 2.45) is 0 Å². The van der Waals surface area contributed by atoms with Gasteiger partial charge in [-0.3, -0.25) is 0 Å². The second-order valence-corrected chi connectivity index (χ2v) is 6.13. The van der Waals surface area contributed by atoms with Crippen LogP contribution in [0.4, 0.5) is 4.39 Å². The lowest BCUT2D eigenvalue weighted by Crippen LogP contribution is -2.20. The topological polar surface area (TPSA) is 12.0 Å². The lowest BCUT2D eigenvalue weighted by atomic mass is 9.98. The Kier molecular flexibility index (Phi) is 5.19. The average Bonchev–Trinajstić information content (AvgIpc) is 2.39. The zero-order chi connectivity index (χ0) is 14.7. The maximum absolute atomic E-state index is 14.1. The summed E-state index contributed by atoms with van der Waals surface area (Å²) in [5, 5.41) is 3.88. The molecule has 0 aliphatic carbocycles. The van der Waals surface area contributed by atoms with Crippen molar-refractivity contribution in [2.75, 3.05) is 7.05 Å². The number of benzene rings is 2. The van der Waals surface area contributed by atoms with E-state index >= 15 is 0 Å². The highest BCUT2D eigenvalue weighted by atomic mass is 79.9. The molecule has 0 heterocycles. The first-order valence-corrected chi connectivity index (χ1v) is 7.55. The maximum atomic E-state index is 14.1. The Morgan fingerprint density at radius 2 is 2.00 bits per heavy atom. The van der Waals surface area contributed by atoms with Crippen LogP contribution in [0.5, 0.6) is 0 Å². The Labute approximate surface area is 132 Å². The molecule has 0 amide bonds. The maximum Gasteiger partial charge on any atom is 0.129 e. The summed E-state index contributed by atoms with van der Waals surface area (Å²) >= 11 is 9.53. The molecule has 1 nitrogen and oxygen atoms in total. The lowest BCUT2D eigenvalue weighted by Gasteiger charge is -2.18. The van der Waals surface area contributed by atoms with Crippen molar-refractivity contribution < 1.29 is 4.39 Å². The highest BCUT2D eigenvalue weighted by molar-refractivity contribution is 9.10. The van der Waals surface area contributed by atoms with Crippen LogP contribution in [0, 0.1) is 12.7 Å². The molecule has 106 valence electrons. The first kappa shape index (κ1) is 15.5. The molecule has 2 aromatic rings. The molecule has 2 aromatic carbocycles. The van der Waals surface area contributed by atoms with E-state index in [2.05, 4.69) is 21.2 Å². The molecule has 0 aliphatic rings. The predicted molar refractivity (Wildman–Crippen MR) is 85.8 cm³/mol. The summed E-state index contributed by atoms with van der Waals surface area (Å²) in [6.07, 6.45) is 0.647. The summed E-state index contributed by atoms with van der Waals surface area (Å²) in [6.45, 7) is 2.00. The van der Waals surface area contributed by atoms with Gasteiger partial charge in [0, 0.05) is 21.1 Å². The number of halogens is 3. The predicted octanol–water partition coefficient (Wildman–Crippen LogP) is 5.05. The van der Waals surface area contributed by atoms with Gasteiger partial charge >= 0.3 is 0 Å². The van der Waals surface area contributed by atoms with Crippen molar-refractivity contribution in [3.8, 4) is 0 Å². The molecule has 0 aliphatic heterocycles. The number of nitrogens with one attached hydrogen (secondary N) is 1. The summed E-state index contributed by atoms with van der Waals surface area (Å²) < 4.78 is 14.8. The van der Waals surface area contributed by atoms with Gasteiger partial charge in [0.15, 0.2) is 0 Å². The first-order chi connectivity index (χ1) is 9.51. The van der Waals surface area contributed by atoms with Gasteiger partial charge in [-0.05, 0) is 49.7 Å². The van der Waals surface area contributed by atoms with Crippen LogP contribution in [0.15, 0.2) is 40.9 Å². The van der Waals surface area contributed by atoms with E-state index in [0.29, 0.717) is 12.0 Å². The molecule has 4 heteroatoms. The molecule has 0 saturated heterocycles. The zero-order valence-electron chi connectivity index (χ0n) is 11.4. The molecular formula is C16H16BrClFN. The third kappa shape index (κ3) is 3.60. The number of hydrogen-bond donors (Lipinski definition) is 1. The number of hydrogen-bond acceptors (Lipinski definition) is 1. The van der Waals surface area contributed by atoms with Crippen LogP contribution in [-0.2, 0) is 6.42 Å². The van der Waals surface area contributed by atoms with Gasteiger partial charge in [0.25, 0.3) is 0 Å². The van der Waals surface area contributed by atoms with Crippen LogP contribution >= 0.6 is 27.5 Å². The normalized spacial score (nSPS) is 12.4. The number of aryl methyl sites for hydroxylation is 1. The monoisotopic (exact) mass is 355 g/mol. The molecule has 1 atom stereocenters. The van der Waals surface area contributed by atoms with Crippen molar-refractivity contribution >= 4 is 27.5 Å². The Balaban J connectivity index is 2.28. The van der Waals surface area contributed by atoms with Gasteiger partial charge in [0.2, 0.25) is 0 Å². The van der Waals surface area contributed by atoms with E-state index in [0.717, 1.165) is 20.6 Å². The molecule has 0 fully saturated rings. The fourth-order valence-electron chi connectivity index (χ4n) is 2.19. The summed E-state index contributed by atoms with van der Waals surface area (Å²) in [6, 6.07) is 11.0. The Morgan fingerprint density at radius 3 is 2.60 bits per heavy atom. The van der Waals surface area contributed by atoms with E-state index < -0.39 is 0 Å². The summed E-state index contributed by atoms with van der Waals surface area (Å²) in [5.74, 6) is -0.220. The average molecular weight is 357 g/mol. The molecular weight excluding hydrogens is 341 g/mol. The molecule has 1 N–H and O–H groups in total. The number of rotatable bonds is 4. The van der Waals surface area contributed by atoms with Gasteiger partial charge < -0.3 is 5.32 Å². The minimum Gasteiger partial charge on any atom is -0.313 e. The van der Waals surface area contributed by atoms with Crippen LogP contribution in [0.1, 0.15) is 22.7 Å². The fraction of sp³-hybridized carbons (Fsp3) is 0.250. The largest absolute Gasteiger partial charge is 0.313 e. The van der Waals surface area contributed by atoms with Crippen LogP contribution in [-0.4, -0.2) is 7.05 Å². The highest BCUT2D eigenvalue weighted by Crippen LogP contribution is 2.27. The van der Waals surface area contributed by atoms with Crippen LogP contribution in [0.25, 0.3) is 0 Å². The molecule has 0 bridgehead atoms. The third-order valence-electron chi connectivity index (χ3n) is 3.32. The van der Waals surface area contributed by atoms with E-state index in [9.17, 15) is 4.39 Å². The van der Waals surface area contributed by atoms with Gasteiger partial charge in [-0.25, -0.2) is 4.39 Å². The van der Waals surface area contributed by atoms with Crippen LogP contribution in [0.2, 0.25) is 5.02 Å². The molecule has 0 aromatic heterocycles. The van der Waals surface area contributed by atoms with Crippen LogP contribution in [0.3, 0.4) is 0 Å². The lowest BCUT2D eigenvalue weighted by molar-refractivity contribution is 0.533. The minimum absolute atomic E-state index is 0.108. The summed E-state index contributed by atoms with van der Waals surface area (Å²) in [7, 11) is 1.83. The second kappa shape index (κ2) is 6.70. The summed E-state index contributed by atoms with van der Waals surface area (Å²) in [5.41, 5.74) is 2.78. The second-order valence-electron chi connectivity index (χ2n) is 4.81. The van der Waals surface area contributed by atoms with Crippen molar-refractivity contribution in [1.29, 1.82) is 0 Å². The Hall–Kier alpha value is -0.900. The Bertz CT molecular complexity index is 615. The van der Waals surface area contributed by atoms with Crippen molar-refractivity contribution in [2.45, 2.75) is 19.4 Å². The highest BCUT2D eigenvalue weighted by Gasteiger charge is 2.16. The third-order valence-corrected chi connectivity index (χ3v) is 4.16. The van der Waals surface area contributed by atoms with E-state index in [1.54, 1.807) is 6.07 Å². The molecule has 0 saturated carbocycles. The van der Waals surface area contributed by atoms with Gasteiger partial charge in [-0.1, -0.05) is 45.7 Å². The van der Waals surface area contributed by atoms with E-state index in [1.807, 2.05) is 38.2 Å². The minimum atomic E-state index is -0.220. The summed E-state index contributed by atoms with van der Waals surface area (Å²) in [4.78, 5) is 0. The van der Waals surface area contributed by atoms with Gasteiger partial charge in [0.1, 0.15) is 5.82 Å². The molecule has 1 unspecified atom stereocenters. The van der Waals surface area contributed by atoms with Crippen molar-refractivity contribution in [3.63, 3.8) is 0 Å². The molecule has 2 rings (SSSR count). The molecule has 0 spiro atoms. The SMILES string of the molecule is CNC(Cc1ccc(C)cc1Cl)c1ccc(Br)cc1F. The smallest absolute Gasteiger partial charge is 0.129 e. The van der Waals surface area contributed by atoms with Gasteiger partial charge in [-0.2, -0.15) is 0 Å². The number of likely N-dealkylation sites (N-methyl/N-ethyl adjacent to an activating group) is 1. The van der Waals surface area contributed by atoms with Crippen molar-refractivity contribution in [1.82, 2.24) is 5.32 Å². The standard InChI is InChI=1S/C16H16BrClFN/c1-10-3-4-11(14(18)7-10)8-16(20-2)13-6-5-12(17)9-15(13)19/h3-7,9,16,20H,8H2,1-2H3. The first-order valence-electron chi connectivity index (χ1n) is 6.38. The van der Waals surface area contributed by atoms with E-state index in [-0.39, 0.29) is 11.9 Å². The van der Waals surface area contributed by atoms with E-state index in [4.69, 9.17) is 11.6 Å². The van der Waals surface area contributed by atoms with Gasteiger partial charge in [0.05, 0.1) is 0 Å². The van der Waals surface area contributed by atoms with E-state index in [1.165, 1.54) is 6.07 Å². The van der Waals surface area contributed by atoms with Crippen molar-refractivity contribution in [3.05, 3.63) is 68.4 Å². The van der Waals surface area contributed by atoms with Crippen LogP contribution < -0.4 is 5.32 Å². The van der Waals surface area contributed by atoms with Gasteiger partial charge in [-0.15, -0.1) is 0 Å².